The molecule has 1 radical (unpaired) electrons. The number of hydrogen-bond donors (Lipinski definition) is 2. The molecule has 0 unspecified atom stereocenters. The fourth-order valence-electron chi connectivity index (χ4n) is 0. The second-order valence-corrected chi connectivity index (χ2v) is 0.816. The van der Waals surface area contributed by atoms with E-state index in [0.29, 0.717) is 0 Å². The highest BCUT2D eigenvalue weighted by Gasteiger charge is 1.62. The monoisotopic (exact) mass is 75.0 g/mol. The minimum Gasteiger partial charge on any atom is -0.363 e. The molecule has 0 amide bonds. The summed E-state index contributed by atoms with van der Waals surface area (Å²) in [7, 11) is 0. The zero-order valence-electron chi connectivity index (χ0n) is 2.14. The largest absolute Gasteiger partial charge is 0.363 e. The van der Waals surface area contributed by atoms with E-state index in [2.05, 4.69) is 0 Å². The molecule has 0 aliphatic heterocycles. The van der Waals surface area contributed by atoms with Crippen LogP contribution in [-0.4, -0.2) is 6.69 Å². The van der Waals surface area contributed by atoms with Gasteiger partial charge in [0.25, 0.3) is 0 Å². The highest BCUT2D eigenvalue weighted by atomic mass is 32.2. The Labute approximate surface area is 30.2 Å². The maximum atomic E-state index is 4.76. The molecular weight excluding hydrogens is 70.9 g/mol. The van der Waals surface area contributed by atoms with Crippen molar-refractivity contribution in [1.82, 2.24) is 0 Å². The molecule has 23 valence electrons. The second kappa shape index (κ2) is 3.33. The molecule has 4 heteroatoms. The van der Waals surface area contributed by atoms with Crippen molar-refractivity contribution >= 4 is 18.5 Å². The predicted octanol–water partition coefficient (Wildman–Crippen LogP) is -0.914. The van der Waals surface area contributed by atoms with Gasteiger partial charge in [-0.05, 0) is 0 Å². The van der Waals surface area contributed by atoms with Crippen LogP contribution in [0.4, 0.5) is 0 Å². The van der Waals surface area contributed by atoms with Crippen molar-refractivity contribution < 1.29 is 0 Å². The number of nitrogens with two attached hydrogens (primary N) is 2. The molecule has 0 aromatic rings. The van der Waals surface area contributed by atoms with E-state index >= 15 is 0 Å². The van der Waals surface area contributed by atoms with E-state index < -0.39 is 0 Å². The van der Waals surface area contributed by atoms with Crippen molar-refractivity contribution in [2.24, 2.45) is 10.8 Å². The summed E-state index contributed by atoms with van der Waals surface area (Å²) in [6.45, 7) is 1.32. The van der Waals surface area contributed by atoms with E-state index in [4.69, 9.17) is 10.8 Å². The summed E-state index contributed by atoms with van der Waals surface area (Å²) in [5.74, 6) is 0. The van der Waals surface area contributed by atoms with Gasteiger partial charge in [-0.15, -0.1) is 11.8 Å². The standard InChI is InChI=1S/BH4N2S/c2-1-4-3/h2-3H2. The van der Waals surface area contributed by atoms with Crippen LogP contribution in [-0.2, 0) is 0 Å². The van der Waals surface area contributed by atoms with E-state index in [-0.39, 0.29) is 0 Å². The van der Waals surface area contributed by atoms with Crippen molar-refractivity contribution in [2.45, 2.75) is 0 Å². The Morgan fingerprint density at radius 3 is 2.00 bits per heavy atom. The van der Waals surface area contributed by atoms with Crippen molar-refractivity contribution in [1.29, 1.82) is 0 Å². The molecule has 0 saturated heterocycles. The minimum atomic E-state index is 1.01. The predicted molar refractivity (Wildman–Crippen MR) is 21.7 cm³/mol. The van der Waals surface area contributed by atoms with Crippen LogP contribution in [0, 0.1) is 0 Å². The first-order valence-corrected chi connectivity index (χ1v) is 1.75. The van der Waals surface area contributed by atoms with E-state index in [1.807, 2.05) is 0 Å². The normalized spacial score (nSPS) is 6.50. The fraction of sp³-hybridized carbons (Fsp3) is 0. The molecule has 0 spiro atoms. The molecule has 0 aromatic carbocycles. The van der Waals surface area contributed by atoms with E-state index in [0.717, 1.165) is 11.8 Å². The molecule has 4 heavy (non-hydrogen) atoms. The van der Waals surface area contributed by atoms with Crippen LogP contribution in [0.2, 0.25) is 0 Å². The van der Waals surface area contributed by atoms with Gasteiger partial charge in [0.2, 0.25) is 0 Å². The summed E-state index contributed by atoms with van der Waals surface area (Å²) >= 11 is 1.01. The van der Waals surface area contributed by atoms with Crippen LogP contribution in [0.1, 0.15) is 0 Å². The summed E-state index contributed by atoms with van der Waals surface area (Å²) < 4.78 is 0. The van der Waals surface area contributed by atoms with Gasteiger partial charge in [-0.2, -0.15) is 0 Å². The van der Waals surface area contributed by atoms with Gasteiger partial charge in [-0.3, -0.25) is 5.14 Å². The summed E-state index contributed by atoms with van der Waals surface area (Å²) in [4.78, 5) is 0. The summed E-state index contributed by atoms with van der Waals surface area (Å²) in [6, 6.07) is 0. The SMILES string of the molecule is N[B]SN. The molecule has 0 atom stereocenters. The molecule has 0 aromatic heterocycles. The van der Waals surface area contributed by atoms with E-state index in [1.165, 1.54) is 6.69 Å². The van der Waals surface area contributed by atoms with Gasteiger partial charge < -0.3 is 5.64 Å². The third-order valence-electron chi connectivity index (χ3n) is 0.0786. The lowest BCUT2D eigenvalue weighted by molar-refractivity contribution is 1.96. The van der Waals surface area contributed by atoms with Crippen molar-refractivity contribution in [3.63, 3.8) is 0 Å². The molecule has 4 N–H and O–H groups in total. The van der Waals surface area contributed by atoms with Gasteiger partial charge in [0.05, 0.1) is 0 Å². The van der Waals surface area contributed by atoms with Crippen molar-refractivity contribution in [3.8, 4) is 0 Å². The van der Waals surface area contributed by atoms with Gasteiger partial charge in [-0.1, -0.05) is 0 Å². The van der Waals surface area contributed by atoms with Gasteiger partial charge in [-0.25, -0.2) is 0 Å². The molecule has 0 aliphatic carbocycles. The number of hydrogen-bond acceptors (Lipinski definition) is 3. The Kier molecular flexibility index (Phi) is 3.61. The average Bonchev–Trinajstić information content (AvgIpc) is 1.37. The van der Waals surface area contributed by atoms with Crippen LogP contribution < -0.4 is 10.8 Å². The van der Waals surface area contributed by atoms with E-state index in [9.17, 15) is 0 Å². The maximum Gasteiger partial charge on any atom is 0.303 e. The zero-order valence-corrected chi connectivity index (χ0v) is 2.96. The molecule has 0 saturated carbocycles. The first-order valence-electron chi connectivity index (χ1n) is 0.805. The summed E-state index contributed by atoms with van der Waals surface area (Å²) in [5.41, 5.74) is 4.74. The Morgan fingerprint density at radius 2 is 2.00 bits per heavy atom. The Balaban J connectivity index is 1.97. The molecule has 0 rings (SSSR count). The maximum absolute atomic E-state index is 4.76. The summed E-state index contributed by atoms with van der Waals surface area (Å²) in [6.07, 6.45) is 0. The third-order valence-corrected chi connectivity index (χ3v) is 0.236. The first kappa shape index (κ1) is 4.33. The second-order valence-electron chi connectivity index (χ2n) is 0.272. The van der Waals surface area contributed by atoms with Gasteiger partial charge in [0.1, 0.15) is 0 Å². The van der Waals surface area contributed by atoms with Crippen LogP contribution >= 0.6 is 11.8 Å². The Bertz CT molecular complexity index is 8.00. The third kappa shape index (κ3) is 2.33. The number of rotatable bonds is 1. The summed E-state index contributed by atoms with van der Waals surface area (Å²) in [5, 5.41) is 4.76. The van der Waals surface area contributed by atoms with Crippen LogP contribution in [0.25, 0.3) is 0 Å². The average molecular weight is 74.9 g/mol. The Hall–Kier alpha value is 0.335. The van der Waals surface area contributed by atoms with Crippen LogP contribution in [0.5, 0.6) is 0 Å². The van der Waals surface area contributed by atoms with Crippen LogP contribution in [0.3, 0.4) is 0 Å². The van der Waals surface area contributed by atoms with Crippen LogP contribution in [0.15, 0.2) is 0 Å². The highest BCUT2D eigenvalue weighted by Crippen LogP contribution is 1.64. The topological polar surface area (TPSA) is 52.0 Å². The van der Waals surface area contributed by atoms with E-state index in [1.54, 1.807) is 0 Å². The Morgan fingerprint density at radius 1 is 1.75 bits per heavy atom. The molecule has 0 bridgehead atoms. The van der Waals surface area contributed by atoms with Crippen molar-refractivity contribution in [3.05, 3.63) is 0 Å². The molecule has 0 aliphatic rings. The molecule has 2 nitrogen and oxygen atoms in total. The lowest BCUT2D eigenvalue weighted by Gasteiger charge is -1.67. The lowest BCUT2D eigenvalue weighted by Crippen LogP contribution is -2.00. The first-order chi connectivity index (χ1) is 1.91. The quantitative estimate of drug-likeness (QED) is 0.313. The lowest BCUT2D eigenvalue weighted by atomic mass is 10.5. The minimum absolute atomic E-state index is 1.01. The smallest absolute Gasteiger partial charge is 0.303 e. The molecule has 0 fully saturated rings. The highest BCUT2D eigenvalue weighted by molar-refractivity contribution is 8.20. The fourth-order valence-corrected chi connectivity index (χ4v) is 0. The molecular formula is H4BN2S. The zero-order chi connectivity index (χ0) is 3.41. The molecule has 0 heterocycles. The van der Waals surface area contributed by atoms with Gasteiger partial charge in [0.15, 0.2) is 0 Å². The van der Waals surface area contributed by atoms with Gasteiger partial charge in [0, 0.05) is 0 Å². The van der Waals surface area contributed by atoms with Crippen molar-refractivity contribution in [2.75, 3.05) is 0 Å². The van der Waals surface area contributed by atoms with Gasteiger partial charge >= 0.3 is 6.69 Å².